The van der Waals surface area contributed by atoms with Gasteiger partial charge < -0.3 is 5.32 Å². The first-order chi connectivity index (χ1) is 11.1. The van der Waals surface area contributed by atoms with Crippen molar-refractivity contribution in [2.45, 2.75) is 6.54 Å². The average Bonchev–Trinajstić information content (AvgIpc) is 3.03. The van der Waals surface area contributed by atoms with E-state index >= 15 is 0 Å². The first-order valence-corrected chi connectivity index (χ1v) is 6.65. The Morgan fingerprint density at radius 2 is 2.00 bits per heavy atom. The van der Waals surface area contributed by atoms with Gasteiger partial charge in [-0.25, -0.2) is 0 Å². The molecule has 23 heavy (non-hydrogen) atoms. The number of para-hydroxylation sites is 1. The van der Waals surface area contributed by atoms with Crippen molar-refractivity contribution in [2.24, 2.45) is 0 Å². The molecule has 116 valence electrons. The van der Waals surface area contributed by atoms with E-state index in [-0.39, 0.29) is 6.54 Å². The van der Waals surface area contributed by atoms with Crippen LogP contribution in [0.4, 0.5) is 15.8 Å². The third-order valence-corrected chi connectivity index (χ3v) is 3.13. The predicted octanol–water partition coefficient (Wildman–Crippen LogP) is 2.32. The second-order valence-electron chi connectivity index (χ2n) is 4.62. The second kappa shape index (κ2) is 6.18. The third kappa shape index (κ3) is 3.12. The molecule has 0 bridgehead atoms. The van der Waals surface area contributed by atoms with E-state index in [1.54, 1.807) is 4.68 Å². The summed E-state index contributed by atoms with van der Waals surface area (Å²) in [6, 6.07) is 12.9. The van der Waals surface area contributed by atoms with Crippen LogP contribution in [0.5, 0.6) is 0 Å². The van der Waals surface area contributed by atoms with Gasteiger partial charge >= 0.3 is 5.69 Å². The number of rotatable bonds is 5. The van der Waals surface area contributed by atoms with Crippen LogP contribution in [-0.4, -0.2) is 25.1 Å². The van der Waals surface area contributed by atoms with Gasteiger partial charge in [0.1, 0.15) is 0 Å². The van der Waals surface area contributed by atoms with Crippen molar-refractivity contribution in [3.63, 3.8) is 0 Å². The summed E-state index contributed by atoms with van der Waals surface area (Å²) in [6.45, 7) is 0.227. The third-order valence-electron chi connectivity index (χ3n) is 3.13. The van der Waals surface area contributed by atoms with Crippen molar-refractivity contribution >= 4 is 11.4 Å². The van der Waals surface area contributed by atoms with Gasteiger partial charge in [0.15, 0.2) is 5.82 Å². The molecule has 8 nitrogen and oxygen atoms in total. The summed E-state index contributed by atoms with van der Waals surface area (Å²) in [5.41, 5.74) is 0.609. The van der Waals surface area contributed by atoms with Crippen LogP contribution in [0.1, 0.15) is 5.82 Å². The van der Waals surface area contributed by atoms with Crippen LogP contribution >= 0.6 is 0 Å². The zero-order chi connectivity index (χ0) is 16.2. The van der Waals surface area contributed by atoms with Crippen LogP contribution < -0.4 is 5.32 Å². The monoisotopic (exact) mass is 314 g/mol. The highest BCUT2D eigenvalue weighted by Crippen LogP contribution is 2.22. The molecule has 3 rings (SSSR count). The second-order valence-corrected chi connectivity index (χ2v) is 4.62. The molecular weight excluding hydrogens is 303 g/mol. The van der Waals surface area contributed by atoms with Gasteiger partial charge in [-0.2, -0.15) is 9.07 Å². The highest BCUT2D eigenvalue weighted by Gasteiger charge is 2.15. The fourth-order valence-corrected chi connectivity index (χ4v) is 2.03. The number of benzene rings is 2. The van der Waals surface area contributed by atoms with Gasteiger partial charge in [0.25, 0.3) is 0 Å². The number of hydrogen-bond donors (Lipinski definition) is 1. The number of nitro benzene ring substituents is 1. The highest BCUT2D eigenvalue weighted by atomic mass is 19.1. The van der Waals surface area contributed by atoms with Crippen molar-refractivity contribution in [2.75, 3.05) is 5.32 Å². The maximum absolute atomic E-state index is 13.3. The Balaban J connectivity index is 1.79. The van der Waals surface area contributed by atoms with Gasteiger partial charge in [-0.3, -0.25) is 10.1 Å². The smallest absolute Gasteiger partial charge is 0.306 e. The minimum absolute atomic E-state index is 0.227. The Bertz CT molecular complexity index is 836. The number of aromatic nitrogens is 4. The van der Waals surface area contributed by atoms with Crippen LogP contribution in [0.15, 0.2) is 48.5 Å². The Labute approximate surface area is 129 Å². The van der Waals surface area contributed by atoms with Crippen LogP contribution in [0, 0.1) is 15.9 Å². The molecule has 1 heterocycles. The van der Waals surface area contributed by atoms with Gasteiger partial charge in [-0.1, -0.05) is 18.2 Å². The zero-order valence-corrected chi connectivity index (χ0v) is 11.8. The molecule has 0 atom stereocenters. The molecule has 1 aromatic heterocycles. The van der Waals surface area contributed by atoms with Crippen LogP contribution in [0.2, 0.25) is 0 Å². The lowest BCUT2D eigenvalue weighted by Crippen LogP contribution is -2.09. The molecule has 9 heteroatoms. The molecule has 0 unspecified atom stereocenters. The summed E-state index contributed by atoms with van der Waals surface area (Å²) in [7, 11) is 0. The quantitative estimate of drug-likeness (QED) is 0.573. The Hall–Kier alpha value is -3.36. The van der Waals surface area contributed by atoms with E-state index in [1.807, 2.05) is 30.3 Å². The lowest BCUT2D eigenvalue weighted by atomic mass is 10.2. The molecule has 0 saturated carbocycles. The molecule has 0 spiro atoms. The summed E-state index contributed by atoms with van der Waals surface area (Å²) in [4.78, 5) is 9.98. The van der Waals surface area contributed by atoms with E-state index in [2.05, 4.69) is 20.8 Å². The molecule has 0 aliphatic carbocycles. The number of nitrogens with one attached hydrogen (secondary N) is 1. The van der Waals surface area contributed by atoms with Crippen molar-refractivity contribution < 1.29 is 9.31 Å². The largest absolute Gasteiger partial charge is 0.377 e. The number of nitrogens with zero attached hydrogens (tertiary/aromatic N) is 5. The SMILES string of the molecule is O=[N+]([O-])c1cc(NCc2nnnn2-c2ccccc2)ccc1F. The first kappa shape index (κ1) is 14.6. The van der Waals surface area contributed by atoms with Gasteiger partial charge in [-0.05, 0) is 34.7 Å². The molecular formula is C14H11FN6O2. The summed E-state index contributed by atoms with van der Waals surface area (Å²) in [5.74, 6) is -0.363. The molecule has 0 saturated heterocycles. The molecule has 1 N–H and O–H groups in total. The Morgan fingerprint density at radius 1 is 1.22 bits per heavy atom. The van der Waals surface area contributed by atoms with Crippen LogP contribution in [-0.2, 0) is 6.54 Å². The standard InChI is InChI=1S/C14H11FN6O2/c15-12-7-6-10(8-13(12)21(22)23)16-9-14-17-18-19-20(14)11-4-2-1-3-5-11/h1-8,16H,9H2. The van der Waals surface area contributed by atoms with Gasteiger partial charge in [0, 0.05) is 11.8 Å². The fraction of sp³-hybridized carbons (Fsp3) is 0.0714. The average molecular weight is 314 g/mol. The van der Waals surface area contributed by atoms with E-state index in [0.717, 1.165) is 17.8 Å². The molecule has 0 amide bonds. The summed E-state index contributed by atoms with van der Waals surface area (Å²) >= 11 is 0. The van der Waals surface area contributed by atoms with Gasteiger partial charge in [0.2, 0.25) is 5.82 Å². The highest BCUT2D eigenvalue weighted by molar-refractivity contribution is 5.51. The van der Waals surface area contributed by atoms with Gasteiger partial charge in [0.05, 0.1) is 17.2 Å². The molecule has 0 aliphatic heterocycles. The Morgan fingerprint density at radius 3 is 2.74 bits per heavy atom. The van der Waals surface area contributed by atoms with E-state index in [9.17, 15) is 14.5 Å². The number of halogens is 1. The number of hydrogen-bond acceptors (Lipinski definition) is 6. The Kier molecular flexibility index (Phi) is 3.91. The number of tetrazole rings is 1. The van der Waals surface area contributed by atoms with E-state index < -0.39 is 16.4 Å². The minimum Gasteiger partial charge on any atom is -0.377 e. The maximum Gasteiger partial charge on any atom is 0.306 e. The van der Waals surface area contributed by atoms with Gasteiger partial charge in [-0.15, -0.1) is 5.10 Å². The molecule has 2 aromatic carbocycles. The lowest BCUT2D eigenvalue weighted by Gasteiger charge is -2.07. The number of nitro groups is 1. The summed E-state index contributed by atoms with van der Waals surface area (Å²) < 4.78 is 14.9. The zero-order valence-electron chi connectivity index (χ0n) is 11.8. The van der Waals surface area contributed by atoms with Crippen LogP contribution in [0.25, 0.3) is 5.69 Å². The van der Waals surface area contributed by atoms with Crippen molar-refractivity contribution in [1.29, 1.82) is 0 Å². The topological polar surface area (TPSA) is 98.8 Å². The molecule has 0 fully saturated rings. The fourth-order valence-electron chi connectivity index (χ4n) is 2.03. The number of anilines is 1. The predicted molar refractivity (Wildman–Crippen MR) is 79.5 cm³/mol. The molecule has 0 radical (unpaired) electrons. The molecule has 3 aromatic rings. The summed E-state index contributed by atoms with van der Waals surface area (Å²) in [5, 5.41) is 25.1. The van der Waals surface area contributed by atoms with E-state index in [0.29, 0.717) is 11.5 Å². The molecule has 0 aliphatic rings. The van der Waals surface area contributed by atoms with Crippen molar-refractivity contribution in [3.05, 3.63) is 70.3 Å². The summed E-state index contributed by atoms with van der Waals surface area (Å²) in [6.07, 6.45) is 0. The van der Waals surface area contributed by atoms with E-state index in [4.69, 9.17) is 0 Å². The normalized spacial score (nSPS) is 10.5. The van der Waals surface area contributed by atoms with Crippen molar-refractivity contribution in [3.8, 4) is 5.69 Å². The first-order valence-electron chi connectivity index (χ1n) is 6.65. The van der Waals surface area contributed by atoms with E-state index in [1.165, 1.54) is 6.07 Å². The van der Waals surface area contributed by atoms with Crippen LogP contribution in [0.3, 0.4) is 0 Å². The maximum atomic E-state index is 13.3. The lowest BCUT2D eigenvalue weighted by molar-refractivity contribution is -0.387. The van der Waals surface area contributed by atoms with Crippen molar-refractivity contribution in [1.82, 2.24) is 20.2 Å². The minimum atomic E-state index is -0.880.